The molecule has 0 unspecified atom stereocenters. The van der Waals surface area contributed by atoms with Gasteiger partial charge in [-0.05, 0) is 12.8 Å². The van der Waals surface area contributed by atoms with Crippen molar-refractivity contribution in [3.63, 3.8) is 0 Å². The molecule has 0 atom stereocenters. The van der Waals surface area contributed by atoms with E-state index in [0.29, 0.717) is 17.9 Å². The molecule has 0 aromatic heterocycles. The molecule has 0 radical (unpaired) electrons. The summed E-state index contributed by atoms with van der Waals surface area (Å²) in [6, 6.07) is 0. The second-order valence-corrected chi connectivity index (χ2v) is 2.48. The first-order valence-electron chi connectivity index (χ1n) is 3.07. The van der Waals surface area contributed by atoms with Crippen molar-refractivity contribution in [2.75, 3.05) is 7.11 Å². The number of halogens is 1. The maximum absolute atomic E-state index is 10.5. The van der Waals surface area contributed by atoms with Crippen LogP contribution >= 0.6 is 11.6 Å². The van der Waals surface area contributed by atoms with Crippen LogP contribution in [0.3, 0.4) is 0 Å². The van der Waals surface area contributed by atoms with Crippen molar-refractivity contribution in [3.8, 4) is 0 Å². The zero-order valence-corrected chi connectivity index (χ0v) is 6.78. The van der Waals surface area contributed by atoms with Crippen LogP contribution in [0.15, 0.2) is 11.6 Å². The molecule has 3 heteroatoms. The number of carbonyl (C=O) groups is 1. The molecule has 2 nitrogen and oxygen atoms in total. The van der Waals surface area contributed by atoms with Crippen LogP contribution < -0.4 is 0 Å². The Hall–Kier alpha value is -0.500. The third kappa shape index (κ3) is 5.63. The van der Waals surface area contributed by atoms with Crippen molar-refractivity contribution in [1.82, 2.24) is 0 Å². The largest absolute Gasteiger partial charge is 0.469 e. The van der Waals surface area contributed by atoms with Crippen molar-refractivity contribution < 1.29 is 9.53 Å². The first-order valence-corrected chi connectivity index (χ1v) is 3.44. The van der Waals surface area contributed by atoms with Gasteiger partial charge in [-0.3, -0.25) is 4.79 Å². The lowest BCUT2D eigenvalue weighted by Gasteiger charge is -1.96. The molecule has 0 aromatic carbocycles. The van der Waals surface area contributed by atoms with E-state index < -0.39 is 0 Å². The van der Waals surface area contributed by atoms with Crippen LogP contribution in [0.25, 0.3) is 0 Å². The lowest BCUT2D eigenvalue weighted by Crippen LogP contribution is -1.98. The fraction of sp³-hybridized carbons (Fsp3) is 0.571. The Kier molecular flexibility index (Phi) is 5.03. The highest BCUT2D eigenvalue weighted by molar-refractivity contribution is 6.29. The normalized spacial score (nSPS) is 9.00. The molecule has 0 aliphatic rings. The molecule has 0 spiro atoms. The van der Waals surface area contributed by atoms with Crippen molar-refractivity contribution in [3.05, 3.63) is 11.6 Å². The van der Waals surface area contributed by atoms with E-state index in [0.717, 1.165) is 6.42 Å². The van der Waals surface area contributed by atoms with E-state index in [9.17, 15) is 4.79 Å². The Labute approximate surface area is 65.8 Å². The van der Waals surface area contributed by atoms with E-state index in [1.54, 1.807) is 0 Å². The molecular formula is C7H11ClO2. The molecular weight excluding hydrogens is 152 g/mol. The van der Waals surface area contributed by atoms with Gasteiger partial charge in [0.2, 0.25) is 0 Å². The minimum absolute atomic E-state index is 0.196. The second-order valence-electron chi connectivity index (χ2n) is 1.95. The van der Waals surface area contributed by atoms with E-state index >= 15 is 0 Å². The van der Waals surface area contributed by atoms with Crippen LogP contribution in [0, 0.1) is 0 Å². The van der Waals surface area contributed by atoms with Crippen LogP contribution in [0.5, 0.6) is 0 Å². The standard InChI is InChI=1S/C7H11ClO2/c1-6(8)4-3-5-7(9)10-2/h1,3-5H2,2H3. The number of methoxy groups -OCH3 is 1. The van der Waals surface area contributed by atoms with Crippen LogP contribution in [0.2, 0.25) is 0 Å². The zero-order chi connectivity index (χ0) is 7.98. The molecule has 58 valence electrons. The van der Waals surface area contributed by atoms with Gasteiger partial charge in [0, 0.05) is 11.5 Å². The third-order valence-electron chi connectivity index (χ3n) is 1.06. The molecule has 0 N–H and O–H groups in total. The van der Waals surface area contributed by atoms with Gasteiger partial charge in [0.1, 0.15) is 0 Å². The Balaban J connectivity index is 3.20. The maximum atomic E-state index is 10.5. The Morgan fingerprint density at radius 2 is 2.20 bits per heavy atom. The third-order valence-corrected chi connectivity index (χ3v) is 1.25. The second kappa shape index (κ2) is 5.30. The molecule has 0 saturated heterocycles. The topological polar surface area (TPSA) is 26.3 Å². The summed E-state index contributed by atoms with van der Waals surface area (Å²) in [5, 5.41) is 0.587. The molecule has 0 aliphatic heterocycles. The van der Waals surface area contributed by atoms with Gasteiger partial charge >= 0.3 is 5.97 Å². The molecule has 0 fully saturated rings. The first-order chi connectivity index (χ1) is 4.66. The van der Waals surface area contributed by atoms with Gasteiger partial charge in [-0.2, -0.15) is 0 Å². The van der Waals surface area contributed by atoms with E-state index in [1.165, 1.54) is 7.11 Å². The molecule has 0 aliphatic carbocycles. The average Bonchev–Trinajstić information content (AvgIpc) is 1.87. The number of carbonyl (C=O) groups excluding carboxylic acids is 1. The minimum atomic E-state index is -0.196. The van der Waals surface area contributed by atoms with E-state index in [2.05, 4.69) is 11.3 Å². The van der Waals surface area contributed by atoms with Crippen molar-refractivity contribution in [2.24, 2.45) is 0 Å². The minimum Gasteiger partial charge on any atom is -0.469 e. The summed E-state index contributed by atoms with van der Waals surface area (Å²) in [5.41, 5.74) is 0. The highest BCUT2D eigenvalue weighted by Gasteiger charge is 1.98. The average molecular weight is 163 g/mol. The van der Waals surface area contributed by atoms with Gasteiger partial charge in [-0.25, -0.2) is 0 Å². The summed E-state index contributed by atoms with van der Waals surface area (Å²) in [6.07, 6.45) is 1.81. The van der Waals surface area contributed by atoms with Gasteiger partial charge < -0.3 is 4.74 Å². The summed E-state index contributed by atoms with van der Waals surface area (Å²) in [7, 11) is 1.37. The van der Waals surface area contributed by atoms with Gasteiger partial charge in [-0.15, -0.1) is 0 Å². The predicted molar refractivity (Wildman–Crippen MR) is 40.9 cm³/mol. The van der Waals surface area contributed by atoms with E-state index in [1.807, 2.05) is 0 Å². The molecule has 0 amide bonds. The number of hydrogen-bond donors (Lipinski definition) is 0. The van der Waals surface area contributed by atoms with Crippen LogP contribution in [-0.4, -0.2) is 13.1 Å². The molecule has 10 heavy (non-hydrogen) atoms. The van der Waals surface area contributed by atoms with Gasteiger partial charge in [-0.1, -0.05) is 18.2 Å². The maximum Gasteiger partial charge on any atom is 0.305 e. The van der Waals surface area contributed by atoms with Crippen molar-refractivity contribution in [2.45, 2.75) is 19.3 Å². The van der Waals surface area contributed by atoms with Gasteiger partial charge in [0.25, 0.3) is 0 Å². The number of ether oxygens (including phenoxy) is 1. The molecule has 0 saturated carbocycles. The Morgan fingerprint density at radius 1 is 1.60 bits per heavy atom. The summed E-state index contributed by atoms with van der Waals surface area (Å²) >= 11 is 5.46. The SMILES string of the molecule is C=C(Cl)CCCC(=O)OC. The van der Waals surface area contributed by atoms with Crippen LogP contribution in [0.1, 0.15) is 19.3 Å². The fourth-order valence-electron chi connectivity index (χ4n) is 0.527. The monoisotopic (exact) mass is 162 g/mol. The summed E-state index contributed by atoms with van der Waals surface area (Å²) in [4.78, 5) is 10.5. The van der Waals surface area contributed by atoms with Gasteiger partial charge in [0.05, 0.1) is 7.11 Å². The van der Waals surface area contributed by atoms with Crippen LogP contribution in [0.4, 0.5) is 0 Å². The summed E-state index contributed by atoms with van der Waals surface area (Å²) in [6.45, 7) is 3.49. The number of rotatable bonds is 4. The first kappa shape index (κ1) is 9.50. The smallest absolute Gasteiger partial charge is 0.305 e. The number of hydrogen-bond acceptors (Lipinski definition) is 2. The highest BCUT2D eigenvalue weighted by atomic mass is 35.5. The summed E-state index contributed by atoms with van der Waals surface area (Å²) in [5.74, 6) is -0.196. The number of allylic oxidation sites excluding steroid dienone is 1. The molecule has 0 heterocycles. The molecule has 0 bridgehead atoms. The van der Waals surface area contributed by atoms with Crippen LogP contribution in [-0.2, 0) is 9.53 Å². The van der Waals surface area contributed by atoms with E-state index in [-0.39, 0.29) is 5.97 Å². The lowest BCUT2D eigenvalue weighted by atomic mass is 10.2. The van der Waals surface area contributed by atoms with Crippen molar-refractivity contribution in [1.29, 1.82) is 0 Å². The fourth-order valence-corrected chi connectivity index (χ4v) is 0.660. The number of esters is 1. The lowest BCUT2D eigenvalue weighted by molar-refractivity contribution is -0.140. The summed E-state index contributed by atoms with van der Waals surface area (Å²) < 4.78 is 4.42. The Bertz CT molecular complexity index is 132. The Morgan fingerprint density at radius 3 is 2.60 bits per heavy atom. The van der Waals surface area contributed by atoms with Gasteiger partial charge in [0.15, 0.2) is 0 Å². The quantitative estimate of drug-likeness (QED) is 0.592. The van der Waals surface area contributed by atoms with E-state index in [4.69, 9.17) is 11.6 Å². The molecule has 0 rings (SSSR count). The predicted octanol–water partition coefficient (Wildman–Crippen LogP) is 2.08. The highest BCUT2D eigenvalue weighted by Crippen LogP contribution is 2.08. The zero-order valence-electron chi connectivity index (χ0n) is 6.02. The van der Waals surface area contributed by atoms with Crippen molar-refractivity contribution >= 4 is 17.6 Å². The molecule has 0 aromatic rings.